The van der Waals surface area contributed by atoms with Crippen molar-refractivity contribution < 1.29 is 23.1 Å². The summed E-state index contributed by atoms with van der Waals surface area (Å²) in [5, 5.41) is 0.822. The zero-order valence-corrected chi connectivity index (χ0v) is 19.6. The molecule has 0 radical (unpaired) electrons. The molecule has 3 aromatic rings. The fourth-order valence-corrected chi connectivity index (χ4v) is 4.96. The molecule has 1 aromatic heterocycles. The van der Waals surface area contributed by atoms with E-state index in [1.807, 2.05) is 18.2 Å². The van der Waals surface area contributed by atoms with Crippen LogP contribution in [0.1, 0.15) is 32.3 Å². The van der Waals surface area contributed by atoms with Crippen LogP contribution in [-0.2, 0) is 4.74 Å². The summed E-state index contributed by atoms with van der Waals surface area (Å²) in [5.41, 5.74) is 1.59. The molecule has 2 aliphatic heterocycles. The van der Waals surface area contributed by atoms with E-state index in [0.717, 1.165) is 5.56 Å². The third-order valence-electron chi connectivity index (χ3n) is 6.66. The Hall–Kier alpha value is -2.93. The van der Waals surface area contributed by atoms with Crippen LogP contribution in [0.2, 0.25) is 18.1 Å². The van der Waals surface area contributed by atoms with Crippen molar-refractivity contribution in [3.05, 3.63) is 52.4 Å². The summed E-state index contributed by atoms with van der Waals surface area (Å²) in [6, 6.07) is 7.25. The molecule has 2 atom stereocenters. The topological polar surface area (TPSA) is 67.1 Å². The second-order valence-corrected chi connectivity index (χ2v) is 14.3. The van der Waals surface area contributed by atoms with Gasteiger partial charge < -0.3 is 23.1 Å². The third kappa shape index (κ3) is 2.86. The van der Waals surface area contributed by atoms with Crippen molar-refractivity contribution in [2.45, 2.75) is 51.1 Å². The zero-order chi connectivity index (χ0) is 22.1. The average molecular weight is 439 g/mol. The van der Waals surface area contributed by atoms with Crippen LogP contribution in [-0.4, -0.2) is 21.7 Å². The summed E-state index contributed by atoms with van der Waals surface area (Å²) in [5.74, 6) is 1.45. The molecule has 0 saturated carbocycles. The minimum Gasteiger partial charge on any atom is -0.543 e. The molecule has 0 saturated heterocycles. The van der Waals surface area contributed by atoms with E-state index in [4.69, 9.17) is 23.1 Å². The molecule has 5 rings (SSSR count). The van der Waals surface area contributed by atoms with Crippen LogP contribution in [0.4, 0.5) is 0 Å². The smallest absolute Gasteiger partial charge is 0.250 e. The van der Waals surface area contributed by atoms with Gasteiger partial charge in [-0.25, -0.2) is 0 Å². The molecule has 0 spiro atoms. The minimum atomic E-state index is -2.17. The number of methoxy groups -OCH3 is 1. The molecule has 3 heterocycles. The van der Waals surface area contributed by atoms with Crippen molar-refractivity contribution >= 4 is 30.3 Å². The lowest BCUT2D eigenvalue weighted by atomic mass is 9.97. The van der Waals surface area contributed by atoms with Crippen LogP contribution in [0.3, 0.4) is 0 Å². The van der Waals surface area contributed by atoms with Gasteiger partial charge in [0.1, 0.15) is 39.2 Å². The lowest BCUT2D eigenvalue weighted by Crippen LogP contribution is -2.44. The first-order valence-corrected chi connectivity index (χ1v) is 13.3. The van der Waals surface area contributed by atoms with Gasteiger partial charge in [-0.1, -0.05) is 26.8 Å². The van der Waals surface area contributed by atoms with E-state index >= 15 is 0 Å². The number of benzene rings is 2. The highest BCUT2D eigenvalue weighted by Gasteiger charge is 2.42. The summed E-state index contributed by atoms with van der Waals surface area (Å²) >= 11 is 0. The van der Waals surface area contributed by atoms with Crippen molar-refractivity contribution in [3.63, 3.8) is 0 Å². The molecule has 2 aromatic carbocycles. The van der Waals surface area contributed by atoms with Gasteiger partial charge in [0.15, 0.2) is 0 Å². The van der Waals surface area contributed by atoms with E-state index in [9.17, 15) is 4.79 Å². The van der Waals surface area contributed by atoms with Crippen LogP contribution < -0.4 is 19.3 Å². The van der Waals surface area contributed by atoms with Gasteiger partial charge in [0.2, 0.25) is 5.43 Å². The first-order chi connectivity index (χ1) is 14.6. The summed E-state index contributed by atoms with van der Waals surface area (Å²) < 4.78 is 29.9. The maximum Gasteiger partial charge on any atom is 0.250 e. The largest absolute Gasteiger partial charge is 0.543 e. The molecular weight excluding hydrogens is 412 g/mol. The van der Waals surface area contributed by atoms with Crippen LogP contribution >= 0.6 is 0 Å². The lowest BCUT2D eigenvalue weighted by Gasteiger charge is -2.36. The Labute approximate surface area is 181 Å². The maximum absolute atomic E-state index is 13.8. The van der Waals surface area contributed by atoms with Gasteiger partial charge in [-0.05, 0) is 36.3 Å². The number of hydrogen-bond acceptors (Lipinski definition) is 6. The Bertz CT molecular complexity index is 1300. The molecule has 0 bridgehead atoms. The molecule has 162 valence electrons. The van der Waals surface area contributed by atoms with Gasteiger partial charge in [0.05, 0.1) is 24.9 Å². The lowest BCUT2D eigenvalue weighted by molar-refractivity contribution is -0.00484. The van der Waals surface area contributed by atoms with Crippen molar-refractivity contribution in [1.29, 1.82) is 0 Å². The van der Waals surface area contributed by atoms with Crippen molar-refractivity contribution in [2.24, 2.45) is 0 Å². The monoisotopic (exact) mass is 438 g/mol. The quantitative estimate of drug-likeness (QED) is 0.387. The van der Waals surface area contributed by atoms with Crippen LogP contribution in [0, 0.1) is 0 Å². The maximum atomic E-state index is 13.8. The predicted octanol–water partition coefficient (Wildman–Crippen LogP) is 5.68. The number of fused-ring (bicyclic) bond motifs is 6. The van der Waals surface area contributed by atoms with Crippen LogP contribution in [0.5, 0.6) is 17.2 Å². The Morgan fingerprint density at radius 3 is 2.58 bits per heavy atom. The standard InChI is InChI=1S/C24H26O6Si/c1-24(2,3)31(5,6)30-15-9-7-8-14-19(15)21(25)20-16(26-4)12-17-18(22(20)28-14)13-10-11-27-23(13)29-17/h7-13,23H,1-6H3. The molecule has 2 aliphatic rings. The van der Waals surface area contributed by atoms with Gasteiger partial charge in [0.25, 0.3) is 14.6 Å². The summed E-state index contributed by atoms with van der Waals surface area (Å²) in [6.45, 7) is 10.8. The zero-order valence-electron chi connectivity index (χ0n) is 18.6. The van der Waals surface area contributed by atoms with Crippen LogP contribution in [0.25, 0.3) is 21.9 Å². The molecule has 0 amide bonds. The van der Waals surface area contributed by atoms with Gasteiger partial charge in [0, 0.05) is 6.07 Å². The number of hydrogen-bond donors (Lipinski definition) is 0. The molecular formula is C24H26O6Si. The van der Waals surface area contributed by atoms with E-state index in [-0.39, 0.29) is 16.4 Å². The van der Waals surface area contributed by atoms with E-state index in [1.54, 1.807) is 18.4 Å². The normalized spacial score (nSPS) is 19.8. The Morgan fingerprint density at radius 2 is 1.87 bits per heavy atom. The molecule has 0 aliphatic carbocycles. The summed E-state index contributed by atoms with van der Waals surface area (Å²) in [6.07, 6.45) is 3.10. The van der Waals surface area contributed by atoms with Gasteiger partial charge in [-0.3, -0.25) is 4.79 Å². The second-order valence-electron chi connectivity index (χ2n) is 9.59. The fourth-order valence-electron chi connectivity index (χ4n) is 3.93. The summed E-state index contributed by atoms with van der Waals surface area (Å²) in [4.78, 5) is 13.8. The first kappa shape index (κ1) is 20.0. The van der Waals surface area contributed by atoms with Gasteiger partial charge >= 0.3 is 0 Å². The summed E-state index contributed by atoms with van der Waals surface area (Å²) in [7, 11) is -0.630. The fraction of sp³-hybridized carbons (Fsp3) is 0.375. The Kier molecular flexibility index (Phi) is 4.21. The minimum absolute atomic E-state index is 0.00806. The van der Waals surface area contributed by atoms with E-state index in [1.165, 1.54) is 7.11 Å². The molecule has 31 heavy (non-hydrogen) atoms. The second kappa shape index (κ2) is 6.53. The van der Waals surface area contributed by atoms with Crippen molar-refractivity contribution in [1.82, 2.24) is 0 Å². The van der Waals surface area contributed by atoms with Crippen molar-refractivity contribution in [2.75, 3.05) is 7.11 Å². The highest BCUT2D eigenvalue weighted by atomic mass is 28.4. The van der Waals surface area contributed by atoms with E-state index in [0.29, 0.717) is 39.2 Å². The molecule has 6 nitrogen and oxygen atoms in total. The number of ether oxygens (including phenoxy) is 3. The van der Waals surface area contributed by atoms with Crippen molar-refractivity contribution in [3.8, 4) is 17.2 Å². The van der Waals surface area contributed by atoms with E-state index in [2.05, 4.69) is 33.9 Å². The number of rotatable bonds is 3. The highest BCUT2D eigenvalue weighted by molar-refractivity contribution is 6.74. The highest BCUT2D eigenvalue weighted by Crippen LogP contribution is 2.49. The van der Waals surface area contributed by atoms with Gasteiger partial charge in [-0.15, -0.1) is 0 Å². The first-order valence-electron chi connectivity index (χ1n) is 10.4. The SMILES string of the molecule is COc1cc2c(c3oc4cccc(O[Si](C)(C)C(C)(C)C)c4c(=O)c13)C1C=COC1O2. The van der Waals surface area contributed by atoms with Gasteiger partial charge in [-0.2, -0.15) is 0 Å². The van der Waals surface area contributed by atoms with Crippen LogP contribution in [0.15, 0.2) is 45.8 Å². The molecule has 0 N–H and O–H groups in total. The predicted molar refractivity (Wildman–Crippen MR) is 122 cm³/mol. The molecule has 7 heteroatoms. The Morgan fingerprint density at radius 1 is 1.10 bits per heavy atom. The molecule has 0 fully saturated rings. The third-order valence-corrected chi connectivity index (χ3v) is 11.0. The van der Waals surface area contributed by atoms with E-state index < -0.39 is 14.6 Å². The Balaban J connectivity index is 1.81. The molecule has 2 unspecified atom stereocenters. The average Bonchev–Trinajstić information content (AvgIpc) is 3.26.